The molecule has 0 bridgehead atoms. The lowest BCUT2D eigenvalue weighted by Crippen LogP contribution is -2.26. The lowest BCUT2D eigenvalue weighted by atomic mass is 10.2. The highest BCUT2D eigenvalue weighted by molar-refractivity contribution is 5.93. The topological polar surface area (TPSA) is 69.0 Å². The van der Waals surface area contributed by atoms with Crippen LogP contribution in [0.25, 0.3) is 11.0 Å². The van der Waals surface area contributed by atoms with Gasteiger partial charge in [0.2, 0.25) is 0 Å². The lowest BCUT2D eigenvalue weighted by Gasteiger charge is -2.11. The molecule has 1 N–H and O–H groups in total. The molecule has 1 amide bonds. The number of benzene rings is 2. The number of aromatic nitrogens is 3. The molecule has 0 fully saturated rings. The molecule has 0 saturated carbocycles. The largest absolute Gasteiger partial charge is 0.493 e. The molecule has 6 heteroatoms. The van der Waals surface area contributed by atoms with Crippen LogP contribution in [-0.4, -0.2) is 33.6 Å². The van der Waals surface area contributed by atoms with Gasteiger partial charge >= 0.3 is 0 Å². The number of pyridine rings is 1. The van der Waals surface area contributed by atoms with Crippen LogP contribution in [0.1, 0.15) is 34.6 Å². The van der Waals surface area contributed by atoms with E-state index in [1.165, 1.54) is 0 Å². The van der Waals surface area contributed by atoms with Gasteiger partial charge in [0.15, 0.2) is 0 Å². The van der Waals surface area contributed by atoms with Gasteiger partial charge in [0.25, 0.3) is 5.91 Å². The first-order chi connectivity index (χ1) is 15.7. The maximum atomic E-state index is 12.3. The van der Waals surface area contributed by atoms with E-state index in [0.29, 0.717) is 25.1 Å². The molecule has 0 unspecified atom stereocenters. The fourth-order valence-corrected chi connectivity index (χ4v) is 3.73. The summed E-state index contributed by atoms with van der Waals surface area (Å²) in [7, 11) is 0. The fraction of sp³-hybridized carbons (Fsp3) is 0.269. The number of ether oxygens (including phenoxy) is 1. The van der Waals surface area contributed by atoms with Gasteiger partial charge in [-0.25, -0.2) is 4.98 Å². The summed E-state index contributed by atoms with van der Waals surface area (Å²) in [6.45, 7) is 4.14. The van der Waals surface area contributed by atoms with Gasteiger partial charge in [-0.1, -0.05) is 30.3 Å². The third-order valence-electron chi connectivity index (χ3n) is 5.42. The van der Waals surface area contributed by atoms with Gasteiger partial charge in [-0.2, -0.15) is 0 Å². The Labute approximate surface area is 188 Å². The van der Waals surface area contributed by atoms with Gasteiger partial charge < -0.3 is 14.6 Å². The third kappa shape index (κ3) is 5.32. The van der Waals surface area contributed by atoms with Gasteiger partial charge in [-0.3, -0.25) is 9.78 Å². The van der Waals surface area contributed by atoms with Crippen molar-refractivity contribution in [3.63, 3.8) is 0 Å². The summed E-state index contributed by atoms with van der Waals surface area (Å²) in [5.74, 6) is 1.82. The number of carbonyl (C=O) groups is 1. The van der Waals surface area contributed by atoms with Crippen molar-refractivity contribution >= 4 is 16.9 Å². The van der Waals surface area contributed by atoms with Crippen molar-refractivity contribution in [2.24, 2.45) is 0 Å². The Morgan fingerprint density at radius 2 is 1.88 bits per heavy atom. The molecule has 4 rings (SSSR count). The predicted octanol–water partition coefficient (Wildman–Crippen LogP) is 4.57. The van der Waals surface area contributed by atoms with Crippen molar-refractivity contribution < 1.29 is 9.53 Å². The molecule has 0 aliphatic heterocycles. The number of aryl methyl sites for hydroxylation is 2. The zero-order chi connectivity index (χ0) is 22.2. The second-order valence-electron chi connectivity index (χ2n) is 7.74. The summed E-state index contributed by atoms with van der Waals surface area (Å²) in [5.41, 5.74) is 3.83. The van der Waals surface area contributed by atoms with E-state index >= 15 is 0 Å². The maximum Gasteiger partial charge on any atom is 0.252 e. The Bertz CT molecular complexity index is 1170. The van der Waals surface area contributed by atoms with Crippen LogP contribution >= 0.6 is 0 Å². The summed E-state index contributed by atoms with van der Waals surface area (Å²) in [5, 5.41) is 2.97. The van der Waals surface area contributed by atoms with Crippen molar-refractivity contribution in [1.29, 1.82) is 0 Å². The van der Waals surface area contributed by atoms with E-state index in [9.17, 15) is 4.79 Å². The number of hydrogen-bond donors (Lipinski definition) is 1. The highest BCUT2D eigenvalue weighted by Crippen LogP contribution is 2.19. The van der Waals surface area contributed by atoms with Gasteiger partial charge in [-0.05, 0) is 55.7 Å². The molecular formula is C26H28N4O2. The number of rotatable bonds is 10. The molecule has 0 saturated heterocycles. The van der Waals surface area contributed by atoms with Crippen LogP contribution in [-0.2, 0) is 13.0 Å². The summed E-state index contributed by atoms with van der Waals surface area (Å²) in [6, 6.07) is 19.8. The molecule has 0 aliphatic rings. The Hall–Kier alpha value is -3.67. The number of para-hydroxylation sites is 3. The summed E-state index contributed by atoms with van der Waals surface area (Å²) < 4.78 is 8.19. The highest BCUT2D eigenvalue weighted by atomic mass is 16.5. The number of hydrogen-bond acceptors (Lipinski definition) is 4. The number of amides is 1. The van der Waals surface area contributed by atoms with Crippen LogP contribution in [0.4, 0.5) is 0 Å². The van der Waals surface area contributed by atoms with E-state index < -0.39 is 0 Å². The van der Waals surface area contributed by atoms with Crippen molar-refractivity contribution in [3.8, 4) is 5.75 Å². The smallest absolute Gasteiger partial charge is 0.252 e. The Morgan fingerprint density at radius 3 is 2.72 bits per heavy atom. The molecule has 0 atom stereocenters. The zero-order valence-electron chi connectivity index (χ0n) is 18.3. The Balaban J connectivity index is 1.34. The first kappa shape index (κ1) is 21.6. The quantitative estimate of drug-likeness (QED) is 0.376. The van der Waals surface area contributed by atoms with Gasteiger partial charge in [-0.15, -0.1) is 0 Å². The van der Waals surface area contributed by atoms with Crippen molar-refractivity contribution in [2.75, 3.05) is 13.2 Å². The first-order valence-electron chi connectivity index (χ1n) is 11.0. The molecule has 32 heavy (non-hydrogen) atoms. The predicted molar refractivity (Wildman–Crippen MR) is 126 cm³/mol. The van der Waals surface area contributed by atoms with Gasteiger partial charge in [0.05, 0.1) is 23.2 Å². The van der Waals surface area contributed by atoms with E-state index in [-0.39, 0.29) is 5.91 Å². The van der Waals surface area contributed by atoms with Crippen LogP contribution in [0.2, 0.25) is 0 Å². The summed E-state index contributed by atoms with van der Waals surface area (Å²) in [4.78, 5) is 21.1. The van der Waals surface area contributed by atoms with Crippen LogP contribution in [0.15, 0.2) is 73.1 Å². The minimum absolute atomic E-state index is 0.117. The van der Waals surface area contributed by atoms with Gasteiger partial charge in [0.1, 0.15) is 11.6 Å². The van der Waals surface area contributed by atoms with Crippen molar-refractivity contribution in [3.05, 3.63) is 90.0 Å². The minimum atomic E-state index is -0.117. The second kappa shape index (κ2) is 10.6. The van der Waals surface area contributed by atoms with Crippen LogP contribution < -0.4 is 10.1 Å². The molecule has 6 nitrogen and oxygen atoms in total. The summed E-state index contributed by atoms with van der Waals surface area (Å²) in [6.07, 6.45) is 5.84. The van der Waals surface area contributed by atoms with E-state index in [2.05, 4.69) is 33.9 Å². The van der Waals surface area contributed by atoms with E-state index in [1.807, 2.05) is 36.4 Å². The molecule has 0 radical (unpaired) electrons. The van der Waals surface area contributed by atoms with E-state index in [0.717, 1.165) is 47.6 Å². The Kier molecular flexibility index (Phi) is 7.12. The number of nitrogens with one attached hydrogen (secondary N) is 1. The van der Waals surface area contributed by atoms with Gasteiger partial charge in [0, 0.05) is 31.9 Å². The molecule has 164 valence electrons. The SMILES string of the molecule is Cc1ccccc1OCCCCn1c(CCNC(=O)c2cccnc2)nc2ccccc21. The number of imidazole rings is 1. The van der Waals surface area contributed by atoms with Crippen LogP contribution in [0.3, 0.4) is 0 Å². The number of unbranched alkanes of at least 4 members (excludes halogenated alkanes) is 1. The molecule has 2 aromatic carbocycles. The number of fused-ring (bicyclic) bond motifs is 1. The van der Waals surface area contributed by atoms with E-state index in [4.69, 9.17) is 9.72 Å². The third-order valence-corrected chi connectivity index (χ3v) is 5.42. The van der Waals surface area contributed by atoms with E-state index in [1.54, 1.807) is 24.5 Å². The molecular weight excluding hydrogens is 400 g/mol. The maximum absolute atomic E-state index is 12.3. The van der Waals surface area contributed by atoms with Crippen LogP contribution in [0, 0.1) is 6.92 Å². The first-order valence-corrected chi connectivity index (χ1v) is 11.0. The Morgan fingerprint density at radius 1 is 1.03 bits per heavy atom. The standard InChI is InChI=1S/C26H28N4O2/c1-20-9-2-5-13-24(20)32-18-7-6-17-30-23-12-4-3-11-22(23)29-25(30)14-16-28-26(31)21-10-8-15-27-19-21/h2-5,8-13,15,19H,6-7,14,16-18H2,1H3,(H,28,31). The number of nitrogens with zero attached hydrogens (tertiary/aromatic N) is 3. The summed E-state index contributed by atoms with van der Waals surface area (Å²) >= 11 is 0. The zero-order valence-corrected chi connectivity index (χ0v) is 18.3. The fourth-order valence-electron chi connectivity index (χ4n) is 3.73. The lowest BCUT2D eigenvalue weighted by molar-refractivity contribution is 0.0953. The molecule has 4 aromatic rings. The second-order valence-corrected chi connectivity index (χ2v) is 7.74. The highest BCUT2D eigenvalue weighted by Gasteiger charge is 2.11. The number of carbonyl (C=O) groups excluding carboxylic acids is 1. The molecule has 0 spiro atoms. The monoisotopic (exact) mass is 428 g/mol. The molecule has 2 aromatic heterocycles. The average molecular weight is 429 g/mol. The molecule has 2 heterocycles. The normalized spacial score (nSPS) is 10.9. The average Bonchev–Trinajstić information content (AvgIpc) is 3.18. The van der Waals surface area contributed by atoms with Crippen molar-refractivity contribution in [1.82, 2.24) is 19.9 Å². The molecule has 0 aliphatic carbocycles. The minimum Gasteiger partial charge on any atom is -0.493 e. The van der Waals surface area contributed by atoms with Crippen molar-refractivity contribution in [2.45, 2.75) is 32.7 Å². The van der Waals surface area contributed by atoms with Crippen LogP contribution in [0.5, 0.6) is 5.75 Å².